The van der Waals surface area contributed by atoms with Gasteiger partial charge >= 0.3 is 0 Å². The van der Waals surface area contributed by atoms with Crippen molar-refractivity contribution < 1.29 is 8.83 Å². The molecule has 2 aromatic heterocycles. The topological polar surface area (TPSA) is 32.8 Å². The van der Waals surface area contributed by atoms with Gasteiger partial charge in [-0.25, -0.2) is 0 Å². The number of hydrogen-bond acceptors (Lipinski definition) is 4. The molecule has 0 atom stereocenters. The summed E-state index contributed by atoms with van der Waals surface area (Å²) < 4.78 is 14.8. The van der Waals surface area contributed by atoms with Crippen LogP contribution in [0.25, 0.3) is 32.9 Å². The molecule has 3 aliphatic carbocycles. The minimum atomic E-state index is -0.148. The number of para-hydroxylation sites is 1. The number of benzene rings is 6. The van der Waals surface area contributed by atoms with E-state index in [1.807, 2.05) is 0 Å². The second kappa shape index (κ2) is 14.3. The Kier molecular flexibility index (Phi) is 9.18. The summed E-state index contributed by atoms with van der Waals surface area (Å²) in [5, 5.41) is 3.53. The van der Waals surface area contributed by atoms with Gasteiger partial charge in [0.25, 0.3) is 6.71 Å². The fourth-order valence-electron chi connectivity index (χ4n) is 14.6. The summed E-state index contributed by atoms with van der Waals surface area (Å²) in [7, 11) is 0. The quantitative estimate of drug-likeness (QED) is 0.162. The minimum Gasteiger partial charge on any atom is -0.468 e. The van der Waals surface area contributed by atoms with Gasteiger partial charge in [0.1, 0.15) is 16.7 Å². The number of furan rings is 2. The van der Waals surface area contributed by atoms with Crippen molar-refractivity contribution in [2.75, 3.05) is 9.80 Å². The lowest BCUT2D eigenvalue weighted by atomic mass is 9.35. The molecule has 0 bridgehead atoms. The van der Waals surface area contributed by atoms with Gasteiger partial charge in [-0.3, -0.25) is 0 Å². The molecule has 0 unspecified atom stereocenters. The van der Waals surface area contributed by atoms with E-state index in [2.05, 4.69) is 212 Å². The van der Waals surface area contributed by atoms with Crippen LogP contribution in [-0.2, 0) is 37.9 Å². The largest absolute Gasteiger partial charge is 0.468 e. The second-order valence-electron chi connectivity index (χ2n) is 28.2. The summed E-state index contributed by atoms with van der Waals surface area (Å²) in [5.74, 6) is 0. The lowest BCUT2D eigenvalue weighted by Crippen LogP contribution is -2.61. The Morgan fingerprint density at radius 1 is 0.472 bits per heavy atom. The minimum absolute atomic E-state index is 0.000900. The molecule has 5 heteroatoms. The van der Waals surface area contributed by atoms with Gasteiger partial charge < -0.3 is 18.6 Å². The Hall–Kier alpha value is -5.68. The van der Waals surface area contributed by atoms with Crippen molar-refractivity contribution in [1.29, 1.82) is 0 Å². The Morgan fingerprint density at radius 2 is 1.01 bits per heavy atom. The van der Waals surface area contributed by atoms with E-state index in [0.717, 1.165) is 71.0 Å². The van der Waals surface area contributed by atoms with E-state index < -0.39 is 0 Å². The molecule has 13 rings (SSSR count). The lowest BCUT2D eigenvalue weighted by Gasteiger charge is -2.47. The molecule has 5 aliphatic rings. The van der Waals surface area contributed by atoms with Crippen molar-refractivity contribution in [3.63, 3.8) is 0 Å². The fraction of sp³-hybridized carbons (Fsp3) is 0.433. The van der Waals surface area contributed by atoms with Crippen LogP contribution in [-0.4, -0.2) is 6.71 Å². The summed E-state index contributed by atoms with van der Waals surface area (Å²) in [5.41, 5.74) is 25.1. The summed E-state index contributed by atoms with van der Waals surface area (Å²) in [4.78, 5) is 5.29. The first-order valence-corrected chi connectivity index (χ1v) is 27.3. The van der Waals surface area contributed by atoms with Crippen LogP contribution in [0.5, 0.6) is 0 Å². The van der Waals surface area contributed by atoms with Crippen LogP contribution in [0, 0.1) is 6.92 Å². The van der Waals surface area contributed by atoms with Gasteiger partial charge in [0.05, 0.1) is 22.4 Å². The van der Waals surface area contributed by atoms with Crippen LogP contribution in [0.1, 0.15) is 187 Å². The average molecular weight is 951 g/mol. The molecule has 72 heavy (non-hydrogen) atoms. The van der Waals surface area contributed by atoms with E-state index in [4.69, 9.17) is 8.83 Å². The van der Waals surface area contributed by atoms with E-state index in [0.29, 0.717) is 0 Å². The number of aryl methyl sites for hydroxylation is 1. The van der Waals surface area contributed by atoms with Crippen molar-refractivity contribution in [2.24, 2.45) is 0 Å². The molecule has 368 valence electrons. The molecule has 4 heterocycles. The number of hydrogen-bond donors (Lipinski definition) is 0. The lowest BCUT2D eigenvalue weighted by molar-refractivity contribution is 0.332. The van der Waals surface area contributed by atoms with E-state index in [9.17, 15) is 0 Å². The molecule has 8 aromatic rings. The average Bonchev–Trinajstić information content (AvgIpc) is 3.88. The zero-order valence-electron chi connectivity index (χ0n) is 46.2. The summed E-state index contributed by atoms with van der Waals surface area (Å²) in [6.45, 7) is 38.5. The van der Waals surface area contributed by atoms with Gasteiger partial charge in [-0.05, 0) is 188 Å². The van der Waals surface area contributed by atoms with E-state index in [-0.39, 0.29) is 44.6 Å². The van der Waals surface area contributed by atoms with Crippen molar-refractivity contribution >= 4 is 90.3 Å². The zero-order chi connectivity index (χ0) is 50.8. The Bertz CT molecular complexity index is 3670. The first-order valence-electron chi connectivity index (χ1n) is 27.3. The summed E-state index contributed by atoms with van der Waals surface area (Å²) in [6.07, 6.45) is 6.93. The van der Waals surface area contributed by atoms with Gasteiger partial charge in [-0.2, -0.15) is 0 Å². The first-order chi connectivity index (χ1) is 33.7. The van der Waals surface area contributed by atoms with Crippen molar-refractivity contribution in [2.45, 2.75) is 187 Å². The number of fused-ring (bicyclic) bond motifs is 12. The van der Waals surface area contributed by atoms with Crippen molar-refractivity contribution in [3.05, 3.63) is 136 Å². The summed E-state index contributed by atoms with van der Waals surface area (Å²) in [6, 6.07) is 36.2. The molecular formula is C67H75BN2O2. The number of anilines is 6. The molecule has 0 amide bonds. The van der Waals surface area contributed by atoms with Gasteiger partial charge in [-0.1, -0.05) is 140 Å². The molecule has 0 radical (unpaired) electrons. The SMILES string of the molecule is Cc1cc2c3c(c1)N(c1cccc4oc5c(C(C)(C)C)cccc5c14)c1cc4c(cc1B3c1oc3cc5c(cc3c1N2c1ccc2c(c1)C(C)(C)CCC2(C)C)C(C)(C)CCC5(C)C)C(C)(C)CCC4(C)C. The maximum Gasteiger partial charge on any atom is 0.297 e. The Labute approximate surface area is 429 Å². The number of nitrogens with zero attached hydrogens (tertiary/aromatic N) is 2. The zero-order valence-corrected chi connectivity index (χ0v) is 46.2. The predicted molar refractivity (Wildman–Crippen MR) is 307 cm³/mol. The Morgan fingerprint density at radius 3 is 1.64 bits per heavy atom. The molecule has 0 fully saturated rings. The maximum absolute atomic E-state index is 7.76. The van der Waals surface area contributed by atoms with Crippen LogP contribution in [0.15, 0.2) is 99.8 Å². The third kappa shape index (κ3) is 6.30. The molecule has 0 spiro atoms. The normalized spacial score (nSPS) is 20.5. The highest BCUT2D eigenvalue weighted by Gasteiger charge is 2.50. The van der Waals surface area contributed by atoms with E-state index >= 15 is 0 Å². The van der Waals surface area contributed by atoms with Gasteiger partial charge in [0.2, 0.25) is 0 Å². The van der Waals surface area contributed by atoms with Crippen molar-refractivity contribution in [1.82, 2.24) is 0 Å². The molecule has 2 aliphatic heterocycles. The first kappa shape index (κ1) is 46.1. The van der Waals surface area contributed by atoms with Crippen LogP contribution in [0.4, 0.5) is 34.1 Å². The van der Waals surface area contributed by atoms with Crippen LogP contribution in [0.3, 0.4) is 0 Å². The van der Waals surface area contributed by atoms with Crippen LogP contribution >= 0.6 is 0 Å². The maximum atomic E-state index is 7.76. The van der Waals surface area contributed by atoms with Crippen LogP contribution in [0.2, 0.25) is 0 Å². The molecule has 0 N–H and O–H groups in total. The highest BCUT2D eigenvalue weighted by Crippen LogP contribution is 2.56. The molecule has 0 saturated heterocycles. The third-order valence-corrected chi connectivity index (χ3v) is 19.4. The Balaban J connectivity index is 1.18. The fourth-order valence-corrected chi connectivity index (χ4v) is 14.6. The second-order valence-corrected chi connectivity index (χ2v) is 28.2. The monoisotopic (exact) mass is 951 g/mol. The van der Waals surface area contributed by atoms with E-state index in [1.165, 1.54) is 95.7 Å². The molecule has 6 aromatic carbocycles. The highest BCUT2D eigenvalue weighted by molar-refractivity contribution is 7.00. The van der Waals surface area contributed by atoms with Gasteiger partial charge in [0.15, 0.2) is 0 Å². The third-order valence-electron chi connectivity index (χ3n) is 19.4. The van der Waals surface area contributed by atoms with Gasteiger partial charge in [0, 0.05) is 39.1 Å². The summed E-state index contributed by atoms with van der Waals surface area (Å²) >= 11 is 0. The van der Waals surface area contributed by atoms with E-state index in [1.54, 1.807) is 0 Å². The standard InChI is InChI=1S/C67H75BN2O2/c1-38-31-52-57-53(32-38)70(50-21-18-22-54-56(50)40-19-17-20-43(59(40)71-54)61(2,3)4)51-36-47-46(65(11,12)28-29-66(47,13)14)35-49(51)68(57)60-58(41-34-45-48(37-55(41)72-60)67(15,16)30-27-64(45,9)10)69(52)39-23-24-42-44(33-39)63(7,8)26-25-62(42,5)6/h17-24,31-37H,25-30H2,1-16H3. The van der Waals surface area contributed by atoms with Crippen molar-refractivity contribution in [3.8, 4) is 0 Å². The van der Waals surface area contributed by atoms with Crippen LogP contribution < -0.4 is 26.4 Å². The highest BCUT2D eigenvalue weighted by atomic mass is 16.3. The van der Waals surface area contributed by atoms with Gasteiger partial charge in [-0.15, -0.1) is 0 Å². The molecule has 4 nitrogen and oxygen atoms in total. The molecular weight excluding hydrogens is 876 g/mol. The molecule has 0 saturated carbocycles. The predicted octanol–water partition coefficient (Wildman–Crippen LogP) is 17.1. The smallest absolute Gasteiger partial charge is 0.297 e. The number of rotatable bonds is 2.